The Kier molecular flexibility index (Phi) is 104. The molecule has 806 valence electrons. The van der Waals surface area contributed by atoms with E-state index in [-0.39, 0.29) is 211 Å². The van der Waals surface area contributed by atoms with Crippen molar-refractivity contribution >= 4 is 113 Å². The van der Waals surface area contributed by atoms with Gasteiger partial charge in [-0.3, -0.25) is 67.1 Å². The van der Waals surface area contributed by atoms with Crippen molar-refractivity contribution in [3.63, 3.8) is 0 Å². The maximum Gasteiger partial charge on any atom is 0.333 e. The molecule has 0 heterocycles. The number of hydrogen-bond donors (Lipinski definition) is 8. The first kappa shape index (κ1) is 148. The number of aliphatic hydroxyl groups excluding tert-OH is 2. The molecule has 1 saturated carbocycles. The van der Waals surface area contributed by atoms with Gasteiger partial charge in [-0.1, -0.05) is 185 Å². The van der Waals surface area contributed by atoms with Crippen LogP contribution in [0.2, 0.25) is 0 Å². The lowest BCUT2D eigenvalue weighted by atomic mass is 9.85. The van der Waals surface area contributed by atoms with Crippen LogP contribution in [0.4, 0.5) is 0 Å². The molecule has 0 bridgehead atoms. The lowest BCUT2D eigenvalue weighted by Crippen LogP contribution is -2.39. The second-order valence-electron chi connectivity index (χ2n) is 31.8. The van der Waals surface area contributed by atoms with Crippen LogP contribution in [0.15, 0.2) is 62.8 Å². The number of nitrogens with two attached hydrogens (primary N) is 1. The number of primary amides is 1. The van der Waals surface area contributed by atoms with Crippen molar-refractivity contribution in [2.45, 2.75) is 306 Å². The molecule has 139 heavy (non-hydrogen) atoms. The largest absolute Gasteiger partial charge is 0.481 e. The summed E-state index contributed by atoms with van der Waals surface area (Å²) >= 11 is 0. The first-order valence-corrected chi connectivity index (χ1v) is 47.1. The van der Waals surface area contributed by atoms with Crippen LogP contribution in [0, 0.1) is 71.0 Å². The van der Waals surface area contributed by atoms with Crippen molar-refractivity contribution in [1.29, 1.82) is 0 Å². The van der Waals surface area contributed by atoms with Crippen LogP contribution in [0.1, 0.15) is 288 Å². The van der Waals surface area contributed by atoms with E-state index in [2.05, 4.69) is 32.9 Å². The second-order valence-corrected chi connectivity index (χ2v) is 31.8. The number of esters is 13. The number of carboxylic acids is 5. The zero-order chi connectivity index (χ0) is 110. The summed E-state index contributed by atoms with van der Waals surface area (Å²) in [7, 11) is 0. The number of carbonyl (C=O) groups is 19. The fourth-order valence-electron chi connectivity index (χ4n) is 7.47. The number of carbonyl (C=O) groups excluding carboxylic acids is 14. The summed E-state index contributed by atoms with van der Waals surface area (Å²) in [5.41, 5.74) is 5.17. The molecule has 0 saturated heterocycles. The molecule has 0 aromatic carbocycles. The summed E-state index contributed by atoms with van der Waals surface area (Å²) in [5, 5.41) is 60.3. The van der Waals surface area contributed by atoms with Gasteiger partial charge in [0.15, 0.2) is 0 Å². The van der Waals surface area contributed by atoms with Gasteiger partial charge >= 0.3 is 107 Å². The minimum atomic E-state index is -1.01. The Morgan fingerprint density at radius 2 is 0.561 bits per heavy atom. The maximum absolute atomic E-state index is 11.7. The summed E-state index contributed by atoms with van der Waals surface area (Å²) in [6.45, 7) is 58.5. The lowest BCUT2D eigenvalue weighted by Gasteiger charge is -2.32. The molecule has 0 aromatic rings. The lowest BCUT2D eigenvalue weighted by molar-refractivity contribution is -0.164. The number of aliphatic carboxylic acids is 5. The number of aliphatic hydroxyl groups is 2. The number of ether oxygens (including phenoxy) is 13. The Morgan fingerprint density at radius 1 is 0.324 bits per heavy atom. The van der Waals surface area contributed by atoms with Gasteiger partial charge < -0.3 is 103 Å². The predicted octanol–water partition coefficient (Wildman–Crippen LogP) is 13.9. The Bertz CT molecular complexity index is 3190. The van der Waals surface area contributed by atoms with E-state index in [9.17, 15) is 101 Å². The van der Waals surface area contributed by atoms with Crippen molar-refractivity contribution in [3.8, 4) is 0 Å². The first-order valence-electron chi connectivity index (χ1n) is 47.1. The highest BCUT2D eigenvalue weighted by molar-refractivity contribution is 5.87. The highest BCUT2D eigenvalue weighted by Gasteiger charge is 2.33. The van der Waals surface area contributed by atoms with Gasteiger partial charge in [0.2, 0.25) is 5.91 Å². The minimum absolute atomic E-state index is 0.0352. The normalized spacial score (nSPS) is 14.6. The van der Waals surface area contributed by atoms with Crippen LogP contribution < -0.4 is 5.73 Å². The van der Waals surface area contributed by atoms with Crippen LogP contribution in [0.3, 0.4) is 0 Å². The van der Waals surface area contributed by atoms with Gasteiger partial charge in [0.05, 0.1) is 91.7 Å². The molecule has 9 N–H and O–H groups in total. The zero-order valence-corrected chi connectivity index (χ0v) is 86.9. The van der Waals surface area contributed by atoms with Crippen molar-refractivity contribution in [1.82, 2.24) is 0 Å². The fourth-order valence-corrected chi connectivity index (χ4v) is 7.47. The summed E-state index contributed by atoms with van der Waals surface area (Å²) < 4.78 is 63.3. The zero-order valence-electron chi connectivity index (χ0n) is 86.9. The molecule has 0 radical (unpaired) electrons. The topological polar surface area (TPSA) is 612 Å². The molecular weight excluding hydrogens is 1830 g/mol. The smallest absolute Gasteiger partial charge is 0.333 e. The number of hydrogen-bond acceptors (Lipinski definition) is 34. The van der Waals surface area contributed by atoms with Crippen LogP contribution >= 0.6 is 0 Å². The third-order valence-corrected chi connectivity index (χ3v) is 19.9. The SMILES string of the molecule is C=C(C)C(=O)OCC(O)COC(=O)C(C)CC.C=CC(=O)OCC1CCC(OC(=O)C(C)CC)C(O)C1.C=CC(=O)OCCCC(=O)OCCOC(=O)C(C)CC.C=CC(=O)OCCCC(=O)OCCOC(=O)C(C)CC.C=CC(=O)OCCCC(=O)OCCOC(=O)C(C)CC.CCC(C)C(=O)O.CCC(C)C(=O)O.CCC(C)C(=O)O.CCC(C)C(=O)O.CCC(C)C(=O)O.CCC(C)C(N)=O. The average Bonchev–Trinajstić information content (AvgIpc) is 0.858. The van der Waals surface area contributed by atoms with Crippen molar-refractivity contribution in [3.05, 3.63) is 62.8 Å². The quantitative estimate of drug-likeness (QED) is 0.0121. The Labute approximate surface area is 823 Å². The van der Waals surface area contributed by atoms with Gasteiger partial charge in [-0.05, 0) is 122 Å². The summed E-state index contributed by atoms with van der Waals surface area (Å²) in [4.78, 5) is 205. The Balaban J connectivity index is -0.000000169. The third kappa shape index (κ3) is 99.4. The molecule has 1 fully saturated rings. The van der Waals surface area contributed by atoms with Crippen LogP contribution in [-0.4, -0.2) is 247 Å². The summed E-state index contributed by atoms with van der Waals surface area (Å²) in [6.07, 6.45) is 13.5. The van der Waals surface area contributed by atoms with E-state index in [0.717, 1.165) is 75.7 Å². The van der Waals surface area contributed by atoms with Crippen LogP contribution in [0.25, 0.3) is 0 Å². The number of amides is 1. The highest BCUT2D eigenvalue weighted by Crippen LogP contribution is 2.28. The second kappa shape index (κ2) is 98.2. The van der Waals surface area contributed by atoms with Crippen molar-refractivity contribution in [2.75, 3.05) is 79.3 Å². The molecule has 15 unspecified atom stereocenters. The molecule has 1 aliphatic carbocycles. The molecule has 0 aliphatic heterocycles. The molecule has 0 spiro atoms. The van der Waals surface area contributed by atoms with Crippen molar-refractivity contribution < 1.29 is 188 Å². The van der Waals surface area contributed by atoms with E-state index in [1.807, 2.05) is 90.0 Å². The Morgan fingerprint density at radius 3 is 0.777 bits per heavy atom. The summed E-state index contributed by atoms with van der Waals surface area (Å²) in [5.74, 6) is -10.6. The minimum Gasteiger partial charge on any atom is -0.481 e. The molecular formula is C99H171NO39. The molecule has 40 heteroatoms. The van der Waals surface area contributed by atoms with Gasteiger partial charge in [-0.15, -0.1) is 0 Å². The van der Waals surface area contributed by atoms with E-state index in [1.54, 1.807) is 62.3 Å². The van der Waals surface area contributed by atoms with E-state index in [1.165, 1.54) is 6.92 Å². The van der Waals surface area contributed by atoms with E-state index >= 15 is 0 Å². The number of carboxylic acid groups (broad SMARTS) is 5. The van der Waals surface area contributed by atoms with Crippen LogP contribution in [0.5, 0.6) is 0 Å². The molecule has 1 aliphatic rings. The van der Waals surface area contributed by atoms with Gasteiger partial charge in [0.25, 0.3) is 0 Å². The van der Waals surface area contributed by atoms with Crippen LogP contribution in [-0.2, 0) is 153 Å². The average molecular weight is 2000 g/mol. The first-order chi connectivity index (χ1) is 65.0. The number of rotatable bonds is 55. The maximum atomic E-state index is 11.7. The molecule has 1 rings (SSSR count). The van der Waals surface area contributed by atoms with Gasteiger partial charge in [0.1, 0.15) is 65.1 Å². The molecule has 15 atom stereocenters. The van der Waals surface area contributed by atoms with E-state index in [4.69, 9.17) is 92.8 Å². The summed E-state index contributed by atoms with van der Waals surface area (Å²) in [6, 6.07) is 0. The van der Waals surface area contributed by atoms with E-state index < -0.39 is 95.9 Å². The van der Waals surface area contributed by atoms with Crippen molar-refractivity contribution in [2.24, 2.45) is 76.7 Å². The monoisotopic (exact) mass is 2000 g/mol. The Hall–Kier alpha value is -11.4. The standard InChI is InChI=1S/C15H24O5.3C14H22O6.C12H20O5.C5H11NO.5C5H10O2/c1-4-10(3)15(18)20-13-7-6-11(8-12(13)16)9-19-14(17)5-2;3*1-4-11(3)14(17)20-10-9-19-13(16)7-6-8-18-12(15)5-2;1-5-9(4)12(15)17-7-10(13)6-16-11(14)8(2)3;6*1-3-4(2)5(6)7/h5,10-13,16H,2,4,6-9H2,1,3H3;3*5,11H,2,4,6-10H2,1,3H3;9-10,13H,2,5-7H2,1,3-4H3;4H,3H2,1-2H3,(H2,6,7);5*4H,3H2,1-2H3,(H,6,7). The molecule has 0 aromatic heterocycles. The highest BCUT2D eigenvalue weighted by atomic mass is 16.6. The van der Waals surface area contributed by atoms with Gasteiger partial charge in [0, 0.05) is 55.1 Å². The van der Waals surface area contributed by atoms with E-state index in [0.29, 0.717) is 57.8 Å². The predicted molar refractivity (Wildman–Crippen MR) is 515 cm³/mol. The molecule has 40 nitrogen and oxygen atoms in total. The third-order valence-electron chi connectivity index (χ3n) is 19.9. The van der Waals surface area contributed by atoms with Gasteiger partial charge in [-0.2, -0.15) is 0 Å². The van der Waals surface area contributed by atoms with Gasteiger partial charge in [-0.25, -0.2) is 24.0 Å². The molecule has 1 amide bonds. The fraction of sp³-hybridized carbons (Fsp3) is 0.707.